The largest absolute Gasteiger partial charge is 0.481 e. The molecule has 2 saturated heterocycles. The summed E-state index contributed by atoms with van der Waals surface area (Å²) < 4.78 is 67.2. The fourth-order valence-electron chi connectivity index (χ4n) is 5.62. The molecule has 57 heavy (non-hydrogen) atoms. The van der Waals surface area contributed by atoms with Gasteiger partial charge in [0.1, 0.15) is 60.3 Å². The molecule has 0 bridgehead atoms. The van der Waals surface area contributed by atoms with Crippen molar-refractivity contribution >= 4 is 57.5 Å². The Hall–Kier alpha value is -4.18. The van der Waals surface area contributed by atoms with Crippen LogP contribution in [-0.4, -0.2) is 141 Å². The summed E-state index contributed by atoms with van der Waals surface area (Å²) in [6, 6.07) is 0. The molecule has 0 aromatic carbocycles. The Labute approximate surface area is 318 Å². The second kappa shape index (κ2) is 17.0. The number of aromatic nitrogens is 8. The molecule has 0 aliphatic carbocycles. The summed E-state index contributed by atoms with van der Waals surface area (Å²) in [5.41, 5.74) is 12.8. The van der Waals surface area contributed by atoms with Crippen LogP contribution in [-0.2, 0) is 45.8 Å². The van der Waals surface area contributed by atoms with Crippen molar-refractivity contribution in [2.75, 3.05) is 18.9 Å². The Morgan fingerprint density at radius 3 is 2.26 bits per heavy atom. The monoisotopic (exact) mass is 865 g/mol. The molecule has 28 nitrogen and oxygen atoms in total. The number of allylic oxidation sites excluding steroid dienone is 1. The van der Waals surface area contributed by atoms with Crippen LogP contribution < -0.4 is 11.5 Å². The highest BCUT2D eigenvalue weighted by atomic mass is 31.3. The molecule has 0 radical (unpaired) electrons. The zero-order valence-electron chi connectivity index (χ0n) is 28.6. The van der Waals surface area contributed by atoms with Crippen LogP contribution in [0.2, 0.25) is 0 Å². The van der Waals surface area contributed by atoms with Gasteiger partial charge in [0.15, 0.2) is 29.6 Å². The van der Waals surface area contributed by atoms with E-state index in [0.717, 1.165) is 22.7 Å². The maximum atomic E-state index is 12.6. The minimum Gasteiger partial charge on any atom is -0.387 e. The van der Waals surface area contributed by atoms with Crippen LogP contribution in [0.5, 0.6) is 0 Å². The quantitative estimate of drug-likeness (QED) is 0.0636. The van der Waals surface area contributed by atoms with E-state index in [-0.39, 0.29) is 29.0 Å². The first kappa shape index (κ1) is 42.4. The number of aliphatic hydroxyl groups is 3. The number of hydrogen-bond acceptors (Lipinski definition) is 21. The van der Waals surface area contributed by atoms with Crippen LogP contribution in [0, 0.1) is 0 Å². The number of hydrogen-bond donors (Lipinski definition) is 10. The van der Waals surface area contributed by atoms with E-state index in [1.165, 1.54) is 29.7 Å². The molecule has 310 valence electrons. The van der Waals surface area contributed by atoms with E-state index in [4.69, 9.17) is 30.0 Å². The van der Waals surface area contributed by atoms with Gasteiger partial charge in [0, 0.05) is 18.0 Å². The van der Waals surface area contributed by atoms with Gasteiger partial charge >= 0.3 is 23.5 Å². The first-order chi connectivity index (χ1) is 26.8. The molecule has 3 aliphatic rings. The lowest BCUT2D eigenvalue weighted by Gasteiger charge is -2.28. The minimum atomic E-state index is -5.52. The molecule has 5 unspecified atom stereocenters. The molecule has 7 heterocycles. The minimum absolute atomic E-state index is 0.00424. The van der Waals surface area contributed by atoms with E-state index in [1.54, 1.807) is 12.5 Å². The predicted molar refractivity (Wildman–Crippen MR) is 184 cm³/mol. The van der Waals surface area contributed by atoms with Crippen LogP contribution in [0.1, 0.15) is 12.6 Å². The topological polar surface area (TPSA) is 419 Å². The summed E-state index contributed by atoms with van der Waals surface area (Å²) in [5, 5.41) is 31.5. The zero-order chi connectivity index (χ0) is 41.3. The number of aromatic amines is 1. The molecule has 12 N–H and O–H groups in total. The number of phosphoric ester groups is 3. The molecule has 31 heteroatoms. The lowest BCUT2D eigenvalue weighted by molar-refractivity contribution is -0.115. The van der Waals surface area contributed by atoms with Crippen molar-refractivity contribution in [3.63, 3.8) is 0 Å². The number of nitrogens with zero attached hydrogens (tertiary/aromatic N) is 8. The van der Waals surface area contributed by atoms with Gasteiger partial charge in [0.05, 0.1) is 32.1 Å². The summed E-state index contributed by atoms with van der Waals surface area (Å²) in [6.45, 7) is -2.02. The summed E-state index contributed by atoms with van der Waals surface area (Å²) in [4.78, 5) is 77.9. The number of carbonyl (C=O) groups is 1. The van der Waals surface area contributed by atoms with E-state index < -0.39 is 91.7 Å². The Morgan fingerprint density at radius 2 is 1.60 bits per heavy atom. The maximum absolute atomic E-state index is 12.6. The Balaban J connectivity index is 0.000000530. The Morgan fingerprint density at radius 1 is 0.912 bits per heavy atom. The normalized spacial score (nSPS) is 28.5. The molecule has 3 aliphatic heterocycles. The SMILES string of the molecule is NC(=O)C1=CN(C2O[C@H](COP(=O)(O)OP(=O)(O)OC[C@H]3O[C@@H](n4cnc5c(N)ncnc54)[C@H](OP(=O)(O)O)[C@@H]3O)C(O)C2O)C=CC1.c1ncc2[nH]cnc2n1. The fourth-order valence-corrected chi connectivity index (χ4v) is 8.26. The van der Waals surface area contributed by atoms with Crippen LogP contribution in [0.3, 0.4) is 0 Å². The molecule has 2 fully saturated rings. The smallest absolute Gasteiger partial charge is 0.387 e. The van der Waals surface area contributed by atoms with Gasteiger partial charge in [-0.15, -0.1) is 0 Å². The van der Waals surface area contributed by atoms with Gasteiger partial charge in [0.2, 0.25) is 5.91 Å². The number of nitrogens with one attached hydrogen (secondary N) is 1. The molecular formula is C26H34N11O17P3. The van der Waals surface area contributed by atoms with Crippen molar-refractivity contribution in [2.24, 2.45) is 5.73 Å². The van der Waals surface area contributed by atoms with E-state index in [0.29, 0.717) is 5.65 Å². The first-order valence-electron chi connectivity index (χ1n) is 16.0. The summed E-state index contributed by atoms with van der Waals surface area (Å²) in [7, 11) is -16.3. The highest BCUT2D eigenvalue weighted by Gasteiger charge is 2.51. The van der Waals surface area contributed by atoms with Crippen LogP contribution >= 0.6 is 23.5 Å². The third-order valence-corrected chi connectivity index (χ3v) is 11.3. The number of phosphoric acid groups is 3. The van der Waals surface area contributed by atoms with Crippen molar-refractivity contribution in [1.29, 1.82) is 0 Å². The van der Waals surface area contributed by atoms with E-state index in [9.17, 15) is 53.4 Å². The predicted octanol–water partition coefficient (Wildman–Crippen LogP) is -2.22. The molecule has 0 spiro atoms. The number of anilines is 1. The van der Waals surface area contributed by atoms with Crippen molar-refractivity contribution in [3.8, 4) is 0 Å². The second-order valence-corrected chi connectivity index (χ2v) is 16.3. The van der Waals surface area contributed by atoms with Crippen LogP contribution in [0.4, 0.5) is 5.82 Å². The molecule has 0 saturated carbocycles. The number of ether oxygens (including phenoxy) is 2. The maximum Gasteiger partial charge on any atom is 0.481 e. The van der Waals surface area contributed by atoms with E-state index in [2.05, 4.69) is 43.7 Å². The number of nitrogen functional groups attached to an aromatic ring is 1. The lowest BCUT2D eigenvalue weighted by atomic mass is 10.1. The fraction of sp³-hybridized carbons (Fsp3) is 0.423. The number of nitrogens with two attached hydrogens (primary N) is 2. The van der Waals surface area contributed by atoms with Crippen molar-refractivity contribution in [2.45, 2.75) is 55.5 Å². The van der Waals surface area contributed by atoms with Gasteiger partial charge in [-0.2, -0.15) is 4.31 Å². The van der Waals surface area contributed by atoms with Crippen LogP contribution in [0.25, 0.3) is 22.3 Å². The summed E-state index contributed by atoms with van der Waals surface area (Å²) >= 11 is 0. The first-order valence-corrected chi connectivity index (χ1v) is 20.6. The number of fused-ring (bicyclic) bond motifs is 2. The van der Waals surface area contributed by atoms with Gasteiger partial charge in [-0.25, -0.2) is 43.6 Å². The van der Waals surface area contributed by atoms with E-state index in [1.807, 2.05) is 0 Å². The molecule has 1 amide bonds. The van der Waals surface area contributed by atoms with Gasteiger partial charge in [-0.3, -0.25) is 22.9 Å². The highest BCUT2D eigenvalue weighted by Crippen LogP contribution is 2.61. The lowest BCUT2D eigenvalue weighted by Crippen LogP contribution is -2.40. The number of carbonyl (C=O) groups excluding carboxylic acids is 1. The number of primary amides is 1. The third-order valence-electron chi connectivity index (χ3n) is 8.21. The standard InChI is InChI=1S/C21H30N7O17P3.C5H4N4/c22-17-12-19(25-7-24-17)28(8-26-12)21-16(44-46(33,34)35)14(30)11(43-21)6-41-48(38,39)45-47(36,37)40-5-10-13(29)15(31)20(42-10)27-3-1-2-9(4-27)18(23)32;1-4-5(8-2-6-1)9-3-7-4/h1,3-4,7-8,10-11,13-16,20-21,29-31H,2,5-6H2,(H2,23,32)(H,36,37)(H,38,39)(H2,22,24,25)(H2,33,34,35);1-3H,(H,6,7,8,9)/t10-,11-,13?,14-,15?,16-,20?,21-;/m1./s1. The molecule has 10 atom stereocenters. The summed E-state index contributed by atoms with van der Waals surface area (Å²) in [6.07, 6.45) is -1.71. The second-order valence-electron chi connectivity index (χ2n) is 12.1. The molecule has 4 aromatic heterocycles. The average molecular weight is 866 g/mol. The third kappa shape index (κ3) is 10.1. The number of imidazole rings is 2. The Kier molecular flexibility index (Phi) is 12.6. The van der Waals surface area contributed by atoms with Crippen molar-refractivity contribution < 1.29 is 80.7 Å². The van der Waals surface area contributed by atoms with Crippen LogP contribution in [0.15, 0.2) is 55.6 Å². The highest BCUT2D eigenvalue weighted by molar-refractivity contribution is 7.61. The van der Waals surface area contributed by atoms with Gasteiger partial charge in [-0.1, -0.05) is 6.08 Å². The summed E-state index contributed by atoms with van der Waals surface area (Å²) in [5.74, 6) is -0.791. The number of H-pyrrole nitrogens is 1. The molecular weight excluding hydrogens is 831 g/mol. The van der Waals surface area contributed by atoms with E-state index >= 15 is 0 Å². The number of amides is 1. The average Bonchev–Trinajstić information content (AvgIpc) is 3.93. The van der Waals surface area contributed by atoms with Crippen molar-refractivity contribution in [1.82, 2.24) is 44.4 Å². The van der Waals surface area contributed by atoms with Gasteiger partial charge in [-0.05, 0) is 6.42 Å². The number of rotatable bonds is 13. The van der Waals surface area contributed by atoms with Gasteiger partial charge in [0.25, 0.3) is 0 Å². The Bertz CT molecular complexity index is 2260. The van der Waals surface area contributed by atoms with Crippen molar-refractivity contribution in [3.05, 3.63) is 55.6 Å². The molecule has 4 aromatic rings. The van der Waals surface area contributed by atoms with Gasteiger partial charge < -0.3 is 65.7 Å². The zero-order valence-corrected chi connectivity index (χ0v) is 31.3. The number of aliphatic hydroxyl groups excluding tert-OH is 3. The molecule has 7 rings (SSSR count).